The van der Waals surface area contributed by atoms with Crippen molar-refractivity contribution in [3.05, 3.63) is 124 Å². The molecule has 1 aliphatic carbocycles. The summed E-state index contributed by atoms with van der Waals surface area (Å²) in [6, 6.07) is 27.9. The van der Waals surface area contributed by atoms with E-state index in [1.54, 1.807) is 80.1 Å². The quantitative estimate of drug-likeness (QED) is 0.0758. The van der Waals surface area contributed by atoms with E-state index >= 15 is 0 Å². The number of Topliss-reactive ketones (excluding diaryl/α,β-unsaturated/α-hetero) is 1. The van der Waals surface area contributed by atoms with Crippen molar-refractivity contribution in [2.45, 2.75) is 99.1 Å². The molecule has 1 aromatic heterocycles. The van der Waals surface area contributed by atoms with Gasteiger partial charge in [-0.05, 0) is 71.0 Å². The lowest BCUT2D eigenvalue weighted by molar-refractivity contribution is -0.164. The van der Waals surface area contributed by atoms with E-state index in [2.05, 4.69) is 21.7 Å². The average molecular weight is 1040 g/mol. The highest BCUT2D eigenvalue weighted by atomic mass is 35.5. The van der Waals surface area contributed by atoms with Crippen LogP contribution in [0.25, 0.3) is 21.6 Å². The Morgan fingerprint density at radius 3 is 2.12 bits per heavy atom. The van der Waals surface area contributed by atoms with Crippen LogP contribution in [-0.4, -0.2) is 95.9 Å². The first kappa shape index (κ1) is 53.7. The Hall–Kier alpha value is -6.12. The van der Waals surface area contributed by atoms with E-state index in [-0.39, 0.29) is 50.6 Å². The molecule has 5 aromatic rings. The second kappa shape index (κ2) is 21.5. The summed E-state index contributed by atoms with van der Waals surface area (Å²) in [5.41, 5.74) is 5.55. The fraction of sp³-hybridized carbons (Fsp3) is 0.418. The van der Waals surface area contributed by atoms with Crippen LogP contribution < -0.4 is 20.1 Å². The zero-order chi connectivity index (χ0) is 52.3. The number of amides is 3. The van der Waals surface area contributed by atoms with Gasteiger partial charge in [0.1, 0.15) is 47.9 Å². The molecule has 3 amide bonds. The van der Waals surface area contributed by atoms with Gasteiger partial charge in [-0.15, -0.1) is 11.3 Å². The number of aromatic nitrogens is 1. The fourth-order valence-corrected chi connectivity index (χ4v) is 12.3. The maximum absolute atomic E-state index is 14.1. The number of carbonyl (C=O) groups is 4. The minimum absolute atomic E-state index is 0.0363. The minimum Gasteiger partial charge on any atom is -0.493 e. The van der Waals surface area contributed by atoms with Gasteiger partial charge in [0.25, 0.3) is 5.91 Å². The van der Waals surface area contributed by atoms with Gasteiger partial charge in [0.2, 0.25) is 11.8 Å². The van der Waals surface area contributed by atoms with Gasteiger partial charge >= 0.3 is 0 Å². The van der Waals surface area contributed by atoms with Crippen LogP contribution in [0.4, 0.5) is 0 Å². The Kier molecular flexibility index (Phi) is 16.1. The van der Waals surface area contributed by atoms with Crippen molar-refractivity contribution in [3.63, 3.8) is 0 Å². The highest BCUT2D eigenvalue weighted by Crippen LogP contribution is 2.55. The number of ether oxygens (including phenoxy) is 2. The molecular formula is C55H62ClN5O9S2. The van der Waals surface area contributed by atoms with Crippen LogP contribution in [0.3, 0.4) is 0 Å². The Bertz CT molecular complexity index is 2950. The summed E-state index contributed by atoms with van der Waals surface area (Å²) in [5, 5.41) is 26.3. The second-order valence-corrected chi connectivity index (χ2v) is 24.5. The number of aliphatic hydroxyl groups excluding tert-OH is 1. The molecule has 1 saturated carbocycles. The van der Waals surface area contributed by atoms with Gasteiger partial charge in [0, 0.05) is 60.4 Å². The fourth-order valence-electron chi connectivity index (χ4n) is 10.2. The largest absolute Gasteiger partial charge is 0.493 e. The molecule has 72 heavy (non-hydrogen) atoms. The summed E-state index contributed by atoms with van der Waals surface area (Å²) in [6.07, 6.45) is -1.50. The molecule has 1 unspecified atom stereocenters. The van der Waals surface area contributed by atoms with Crippen molar-refractivity contribution in [2.75, 3.05) is 24.7 Å². The normalized spacial score (nSPS) is 19.6. The number of thiazole rings is 1. The molecule has 2 fully saturated rings. The molecule has 0 radical (unpaired) electrons. The zero-order valence-electron chi connectivity index (χ0n) is 41.8. The van der Waals surface area contributed by atoms with Gasteiger partial charge in [0.15, 0.2) is 9.84 Å². The van der Waals surface area contributed by atoms with E-state index in [1.807, 2.05) is 83.1 Å². The molecule has 0 bridgehead atoms. The van der Waals surface area contributed by atoms with Crippen LogP contribution in [0.2, 0.25) is 5.02 Å². The molecule has 3 N–H and O–H groups in total. The number of halogens is 1. The third kappa shape index (κ3) is 12.2. The number of rotatable bonds is 18. The maximum atomic E-state index is 14.1. The third-order valence-corrected chi connectivity index (χ3v) is 16.7. The summed E-state index contributed by atoms with van der Waals surface area (Å²) in [6.45, 7) is 15.4. The maximum Gasteiger partial charge on any atom is 0.251 e. The van der Waals surface area contributed by atoms with E-state index in [0.717, 1.165) is 32.8 Å². The Morgan fingerprint density at radius 1 is 0.931 bits per heavy atom. The second-order valence-electron chi connectivity index (χ2n) is 21.1. The SMILES string of the molecule is Cc1ncsc1-c1ccc(CNC(=O)[C@@H]2C[C@@H](O)CN2C(=O)C(CC(=O)CS(=O)(=O)CCOc2ccc(-c3ccc(C(=O)NC4C(C)(C)C(Oc5ccc(C#N)c(Cl)c5)C4(C)C)cc3)cc2)C(C)(C)C)cc1. The summed E-state index contributed by atoms with van der Waals surface area (Å²) >= 11 is 7.79. The number of nitrogens with zero attached hydrogens (tertiary/aromatic N) is 3. The van der Waals surface area contributed by atoms with Crippen molar-refractivity contribution < 1.29 is 42.2 Å². The number of nitriles is 1. The lowest BCUT2D eigenvalue weighted by Gasteiger charge is -2.63. The van der Waals surface area contributed by atoms with Crippen LogP contribution in [-0.2, 0) is 30.8 Å². The summed E-state index contributed by atoms with van der Waals surface area (Å²) in [4.78, 5) is 61.2. The highest BCUT2D eigenvalue weighted by molar-refractivity contribution is 7.92. The van der Waals surface area contributed by atoms with E-state index in [4.69, 9.17) is 21.1 Å². The number of sulfone groups is 1. The number of carbonyl (C=O) groups excluding carboxylic acids is 4. The molecule has 3 atom stereocenters. The molecule has 380 valence electrons. The predicted molar refractivity (Wildman–Crippen MR) is 278 cm³/mol. The first-order valence-corrected chi connectivity index (χ1v) is 26.9. The molecule has 0 spiro atoms. The van der Waals surface area contributed by atoms with Crippen LogP contribution in [0.5, 0.6) is 11.5 Å². The van der Waals surface area contributed by atoms with Crippen LogP contribution >= 0.6 is 22.9 Å². The third-order valence-electron chi connectivity index (χ3n) is 13.9. The van der Waals surface area contributed by atoms with E-state index in [0.29, 0.717) is 27.6 Å². The highest BCUT2D eigenvalue weighted by Gasteiger charge is 2.64. The predicted octanol–water partition coefficient (Wildman–Crippen LogP) is 8.62. The molecule has 7 rings (SSSR count). The van der Waals surface area contributed by atoms with Gasteiger partial charge in [-0.3, -0.25) is 19.2 Å². The number of likely N-dealkylation sites (tertiary alicyclic amines) is 1. The average Bonchev–Trinajstić information content (AvgIpc) is 3.95. The summed E-state index contributed by atoms with van der Waals surface area (Å²) in [7, 11) is -3.93. The van der Waals surface area contributed by atoms with E-state index in [9.17, 15) is 38.0 Å². The summed E-state index contributed by atoms with van der Waals surface area (Å²) in [5.74, 6) is -2.94. The number of hydrogen-bond acceptors (Lipinski definition) is 12. The molecular weight excluding hydrogens is 974 g/mol. The smallest absolute Gasteiger partial charge is 0.251 e. The van der Waals surface area contributed by atoms with Gasteiger partial charge in [-0.25, -0.2) is 13.4 Å². The first-order valence-electron chi connectivity index (χ1n) is 23.9. The number of aliphatic hydroxyl groups is 1. The van der Waals surface area contributed by atoms with Crippen molar-refractivity contribution in [1.82, 2.24) is 20.5 Å². The van der Waals surface area contributed by atoms with Crippen LogP contribution in [0.1, 0.15) is 88.5 Å². The number of nitrogens with one attached hydrogen (secondary N) is 2. The Morgan fingerprint density at radius 2 is 1.54 bits per heavy atom. The topological polar surface area (TPSA) is 205 Å². The molecule has 17 heteroatoms. The van der Waals surface area contributed by atoms with Gasteiger partial charge < -0.3 is 30.1 Å². The molecule has 4 aromatic carbocycles. The lowest BCUT2D eigenvalue weighted by Crippen LogP contribution is -2.74. The van der Waals surface area contributed by atoms with E-state index < -0.39 is 73.2 Å². The molecule has 1 aliphatic heterocycles. The zero-order valence-corrected chi connectivity index (χ0v) is 44.2. The minimum atomic E-state index is -3.93. The molecule has 14 nitrogen and oxygen atoms in total. The van der Waals surface area contributed by atoms with E-state index in [1.165, 1.54) is 4.90 Å². The molecule has 2 aliphatic rings. The van der Waals surface area contributed by atoms with Gasteiger partial charge in [-0.1, -0.05) is 109 Å². The summed E-state index contributed by atoms with van der Waals surface area (Å²) < 4.78 is 38.5. The van der Waals surface area contributed by atoms with Crippen LogP contribution in [0, 0.1) is 40.4 Å². The first-order chi connectivity index (χ1) is 33.9. The van der Waals surface area contributed by atoms with Gasteiger partial charge in [-0.2, -0.15) is 5.26 Å². The Labute approximate surface area is 431 Å². The molecule has 1 saturated heterocycles. The number of hydrogen-bond donors (Lipinski definition) is 3. The van der Waals surface area contributed by atoms with Crippen molar-refractivity contribution in [3.8, 4) is 39.1 Å². The lowest BCUT2D eigenvalue weighted by atomic mass is 9.49. The number of benzene rings is 4. The number of β-amino-alcohol motifs (C(OH)–C–C–N with tert-alkyl or cyclic N) is 1. The molecule has 2 heterocycles. The Balaban J connectivity index is 0.872. The standard InChI is InChI=1S/C55H62ClN5O9S2/c1-33-47(71-32-59-33)37-11-9-34(10-12-37)29-58-49(65)46-26-40(62)30-61(46)50(66)44(53(2,3)4)25-41(63)31-72(67,68)24-23-69-42-20-17-36(18-21-42)35-13-15-38(16-14-35)48(64)60-51-54(5,6)52(55(51,7)8)70-43-22-19-39(28-57)45(56)27-43/h9-22,27,32,40,44,46,51-52,62H,23-26,29-31H2,1-8H3,(H,58,65)(H,60,64)/t40-,44?,46+,51?,52?/m1/s1. The number of aryl methyl sites for hydroxylation is 1. The van der Waals surface area contributed by atoms with Crippen molar-refractivity contribution in [2.24, 2.45) is 22.2 Å². The van der Waals surface area contributed by atoms with Crippen molar-refractivity contribution >= 4 is 56.3 Å². The van der Waals surface area contributed by atoms with Crippen LogP contribution in [0.15, 0.2) is 96.5 Å². The number of ketones is 1. The van der Waals surface area contributed by atoms with Gasteiger partial charge in [0.05, 0.1) is 38.5 Å². The van der Waals surface area contributed by atoms with Crippen molar-refractivity contribution in [1.29, 1.82) is 5.26 Å². The monoisotopic (exact) mass is 1040 g/mol.